The zero-order valence-electron chi connectivity index (χ0n) is 4.44. The first-order valence-electron chi connectivity index (χ1n) is 1.53. The first kappa shape index (κ1) is 10.1. The monoisotopic (exact) mass is 161 g/mol. The van der Waals surface area contributed by atoms with Gasteiger partial charge in [-0.2, -0.15) is 14.1 Å². The SMILES string of the molecule is [CH2-][N+]([CH2-])(C)C.[Y]. The maximum atomic E-state index is 3.60. The van der Waals surface area contributed by atoms with Gasteiger partial charge in [-0.3, -0.25) is 0 Å². The van der Waals surface area contributed by atoms with Gasteiger partial charge in [0, 0.05) is 46.8 Å². The Morgan fingerprint density at radius 1 is 1.17 bits per heavy atom. The Labute approximate surface area is 65.2 Å². The summed E-state index contributed by atoms with van der Waals surface area (Å²) in [4.78, 5) is 0. The number of hydrogen-bond acceptors (Lipinski definition) is 0. The van der Waals surface area contributed by atoms with Crippen LogP contribution in [-0.4, -0.2) is 18.6 Å². The van der Waals surface area contributed by atoms with Crippen LogP contribution in [0.5, 0.6) is 0 Å². The Hall–Kier alpha value is 1.06. The fraction of sp³-hybridized carbons (Fsp3) is 0.500. The molecule has 35 valence electrons. The molecule has 6 heavy (non-hydrogen) atoms. The van der Waals surface area contributed by atoms with E-state index >= 15 is 0 Å². The van der Waals surface area contributed by atoms with Crippen LogP contribution in [0, 0.1) is 14.1 Å². The smallest absolute Gasteiger partial charge is 0.0202 e. The van der Waals surface area contributed by atoms with Crippen molar-refractivity contribution in [2.75, 3.05) is 14.1 Å². The van der Waals surface area contributed by atoms with Crippen molar-refractivity contribution in [1.29, 1.82) is 0 Å². The Morgan fingerprint density at radius 2 is 1.17 bits per heavy atom. The van der Waals surface area contributed by atoms with Crippen LogP contribution in [0.2, 0.25) is 0 Å². The molecule has 0 aliphatic rings. The van der Waals surface area contributed by atoms with E-state index in [4.69, 9.17) is 0 Å². The first-order chi connectivity index (χ1) is 2.00. The maximum Gasteiger partial charge on any atom is 0.0202 e. The Bertz CT molecular complexity index is 23.0. The van der Waals surface area contributed by atoms with E-state index in [0.717, 1.165) is 0 Å². The molecule has 0 saturated carbocycles. The van der Waals surface area contributed by atoms with E-state index in [2.05, 4.69) is 14.1 Å². The van der Waals surface area contributed by atoms with E-state index in [-0.39, 0.29) is 32.7 Å². The molecule has 0 saturated heterocycles. The zero-order chi connectivity index (χ0) is 4.50. The summed E-state index contributed by atoms with van der Waals surface area (Å²) < 4.78 is 0.500. The molecular formula is C4H10NY-. The van der Waals surface area contributed by atoms with Crippen LogP contribution >= 0.6 is 0 Å². The van der Waals surface area contributed by atoms with Crippen LogP contribution in [0.15, 0.2) is 0 Å². The minimum atomic E-state index is 0. The Kier molecular flexibility index (Phi) is 5.26. The van der Waals surface area contributed by atoms with Crippen molar-refractivity contribution in [3.8, 4) is 0 Å². The van der Waals surface area contributed by atoms with Crippen LogP contribution in [-0.2, 0) is 32.7 Å². The predicted octanol–water partition coefficient (Wildman–Crippen LogP) is 0.643. The number of nitrogens with zero attached hydrogens (tertiary/aromatic N) is 1. The molecule has 0 unspecified atom stereocenters. The third kappa shape index (κ3) is 73.9. The van der Waals surface area contributed by atoms with Crippen molar-refractivity contribution in [3.05, 3.63) is 14.1 Å². The molecule has 0 amide bonds. The van der Waals surface area contributed by atoms with Crippen LogP contribution in [0.3, 0.4) is 0 Å². The molecule has 0 aromatic heterocycles. The van der Waals surface area contributed by atoms with Crippen LogP contribution < -0.4 is 0 Å². The average molecular weight is 161 g/mol. The fourth-order valence-corrected chi connectivity index (χ4v) is 0. The van der Waals surface area contributed by atoms with E-state index in [1.165, 1.54) is 0 Å². The number of rotatable bonds is 0. The quantitative estimate of drug-likeness (QED) is 0.361. The minimum absolute atomic E-state index is 0. The number of quaternary nitrogens is 1. The van der Waals surface area contributed by atoms with E-state index < -0.39 is 0 Å². The van der Waals surface area contributed by atoms with Gasteiger partial charge in [0.2, 0.25) is 0 Å². The van der Waals surface area contributed by atoms with E-state index in [9.17, 15) is 0 Å². The molecule has 0 aliphatic heterocycles. The van der Waals surface area contributed by atoms with Crippen molar-refractivity contribution in [3.63, 3.8) is 0 Å². The van der Waals surface area contributed by atoms with E-state index in [0.29, 0.717) is 4.48 Å². The second kappa shape index (κ2) is 3.12. The van der Waals surface area contributed by atoms with Crippen molar-refractivity contribution in [2.45, 2.75) is 0 Å². The van der Waals surface area contributed by atoms with Crippen molar-refractivity contribution in [2.24, 2.45) is 0 Å². The molecule has 0 spiro atoms. The van der Waals surface area contributed by atoms with Crippen LogP contribution in [0.1, 0.15) is 0 Å². The second-order valence-corrected chi connectivity index (χ2v) is 1.94. The Morgan fingerprint density at radius 3 is 1.17 bits per heavy atom. The molecule has 0 N–H and O–H groups in total. The van der Waals surface area contributed by atoms with Crippen molar-refractivity contribution < 1.29 is 37.2 Å². The topological polar surface area (TPSA) is 0 Å². The van der Waals surface area contributed by atoms with Crippen molar-refractivity contribution in [1.82, 2.24) is 0 Å². The van der Waals surface area contributed by atoms with Gasteiger partial charge in [-0.05, 0) is 0 Å². The third-order valence-electron chi connectivity index (χ3n) is 0. The van der Waals surface area contributed by atoms with Gasteiger partial charge in [0.05, 0.1) is 0 Å². The van der Waals surface area contributed by atoms with Crippen LogP contribution in [0.4, 0.5) is 0 Å². The minimum Gasteiger partial charge on any atom is -0.600 e. The van der Waals surface area contributed by atoms with Gasteiger partial charge >= 0.3 is 0 Å². The van der Waals surface area contributed by atoms with Crippen LogP contribution in [0.25, 0.3) is 0 Å². The summed E-state index contributed by atoms with van der Waals surface area (Å²) in [6, 6.07) is 0. The molecule has 2 heteroatoms. The number of hydrogen-bond donors (Lipinski definition) is 0. The normalized spacial score (nSPS) is 10.0. The van der Waals surface area contributed by atoms with Gasteiger partial charge in [-0.25, -0.2) is 0 Å². The van der Waals surface area contributed by atoms with Gasteiger partial charge < -0.3 is 4.48 Å². The molecule has 0 fully saturated rings. The summed E-state index contributed by atoms with van der Waals surface area (Å²) in [6.07, 6.45) is 0. The van der Waals surface area contributed by atoms with Gasteiger partial charge in [-0.1, -0.05) is 0 Å². The second-order valence-electron chi connectivity index (χ2n) is 1.94. The maximum absolute atomic E-state index is 3.60. The van der Waals surface area contributed by atoms with E-state index in [1.54, 1.807) is 0 Å². The molecule has 0 atom stereocenters. The standard InChI is InChI=1S/C4H10N.Y/c1-5(2,3)4;/h1-2H2,3-4H3;/q-1;. The molecule has 0 heterocycles. The average Bonchev–Trinajstić information content (AvgIpc) is 0.722. The molecule has 0 aromatic carbocycles. The van der Waals surface area contributed by atoms with E-state index in [1.807, 2.05) is 14.1 Å². The molecule has 0 aliphatic carbocycles. The summed E-state index contributed by atoms with van der Waals surface area (Å²) in [6.45, 7) is 0. The molecule has 0 bridgehead atoms. The Balaban J connectivity index is 0. The largest absolute Gasteiger partial charge is 0.600 e. The third-order valence-corrected chi connectivity index (χ3v) is 0. The summed E-state index contributed by atoms with van der Waals surface area (Å²) in [7, 11) is 11.0. The molecule has 1 radical (unpaired) electrons. The fourth-order valence-electron chi connectivity index (χ4n) is 0. The summed E-state index contributed by atoms with van der Waals surface area (Å²) in [5.41, 5.74) is 0. The predicted molar refractivity (Wildman–Crippen MR) is 22.8 cm³/mol. The molecular weight excluding hydrogens is 151 g/mol. The van der Waals surface area contributed by atoms with Crippen molar-refractivity contribution >= 4 is 0 Å². The van der Waals surface area contributed by atoms with Gasteiger partial charge in [0.15, 0.2) is 0 Å². The first-order valence-corrected chi connectivity index (χ1v) is 1.53. The van der Waals surface area contributed by atoms with Gasteiger partial charge in [0.1, 0.15) is 0 Å². The van der Waals surface area contributed by atoms with Gasteiger partial charge in [0.25, 0.3) is 0 Å². The van der Waals surface area contributed by atoms with Gasteiger partial charge in [-0.15, -0.1) is 0 Å². The zero-order valence-corrected chi connectivity index (χ0v) is 7.28. The summed E-state index contributed by atoms with van der Waals surface area (Å²) >= 11 is 0. The molecule has 0 rings (SSSR count). The summed E-state index contributed by atoms with van der Waals surface area (Å²) in [5, 5.41) is 0. The molecule has 1 nitrogen and oxygen atoms in total. The summed E-state index contributed by atoms with van der Waals surface area (Å²) in [5.74, 6) is 0. The molecule has 0 aromatic rings.